The normalized spacial score (nSPS) is 12.4. The number of hydrogen-bond acceptors (Lipinski definition) is 11. The molecule has 0 rings (SSSR count). The number of amides is 1. The van der Waals surface area contributed by atoms with Crippen molar-refractivity contribution >= 4 is 11.7 Å². The zero-order chi connectivity index (χ0) is 31.1. The molecule has 0 unspecified atom stereocenters. The number of carbonyl (C=O) groups is 2. The number of ketones is 1. The van der Waals surface area contributed by atoms with E-state index in [0.29, 0.717) is 112 Å². The fourth-order valence-corrected chi connectivity index (χ4v) is 3.63. The Morgan fingerprint density at radius 2 is 0.976 bits per heavy atom. The fraction of sp³-hybridized carbons (Fsp3) is 0.933. The largest absolute Gasteiger partial charge is 0.382 e. The SMILES string of the molecule is COCCOCCOCCOCCOCCOCCOCCOCCC(=O)NCCCC[C@H](NC(C)C)C(=O)C(C)C. The molecule has 0 bridgehead atoms. The predicted octanol–water partition coefficient (Wildman–Crippen LogP) is 2.02. The highest BCUT2D eigenvalue weighted by atomic mass is 16.6. The Morgan fingerprint density at radius 3 is 1.36 bits per heavy atom. The predicted molar refractivity (Wildman–Crippen MR) is 161 cm³/mol. The Hall–Kier alpha value is -1.22. The number of methoxy groups -OCH3 is 1. The summed E-state index contributed by atoms with van der Waals surface area (Å²) in [4.78, 5) is 24.3. The van der Waals surface area contributed by atoms with Crippen LogP contribution in [0.4, 0.5) is 0 Å². The van der Waals surface area contributed by atoms with Crippen LogP contribution < -0.4 is 10.6 Å². The van der Waals surface area contributed by atoms with Gasteiger partial charge in [0.05, 0.1) is 105 Å². The molecule has 0 aromatic heterocycles. The van der Waals surface area contributed by atoms with Gasteiger partial charge in [-0.05, 0) is 19.3 Å². The van der Waals surface area contributed by atoms with Gasteiger partial charge in [0, 0.05) is 32.0 Å². The molecule has 0 aromatic carbocycles. The quantitative estimate of drug-likeness (QED) is 0.106. The van der Waals surface area contributed by atoms with E-state index in [2.05, 4.69) is 10.6 Å². The summed E-state index contributed by atoms with van der Waals surface area (Å²) in [6.07, 6.45) is 2.82. The van der Waals surface area contributed by atoms with Crippen LogP contribution in [0.2, 0.25) is 0 Å². The van der Waals surface area contributed by atoms with Crippen molar-refractivity contribution in [1.29, 1.82) is 0 Å². The summed E-state index contributed by atoms with van der Waals surface area (Å²) in [5.74, 6) is 0.236. The Bertz CT molecular complexity index is 611. The molecule has 12 nitrogen and oxygen atoms in total. The van der Waals surface area contributed by atoms with Crippen molar-refractivity contribution in [2.24, 2.45) is 5.92 Å². The highest BCUT2D eigenvalue weighted by Crippen LogP contribution is 2.08. The molecule has 1 atom stereocenters. The number of nitrogens with one attached hydrogen (secondary N) is 2. The molecule has 0 aromatic rings. The van der Waals surface area contributed by atoms with E-state index in [1.165, 1.54) is 0 Å². The maximum Gasteiger partial charge on any atom is 0.222 e. The van der Waals surface area contributed by atoms with Gasteiger partial charge in [-0.15, -0.1) is 0 Å². The highest BCUT2D eigenvalue weighted by molar-refractivity contribution is 5.85. The third-order valence-corrected chi connectivity index (χ3v) is 5.83. The number of unbranched alkanes of at least 4 members (excludes halogenated alkanes) is 1. The smallest absolute Gasteiger partial charge is 0.222 e. The first-order chi connectivity index (χ1) is 20.4. The standard InChI is InChI=1S/C30H60N2O10/c1-26(2)30(34)28(32-27(3)4)8-6-7-10-31-29(33)9-11-36-14-15-38-18-19-40-22-23-42-25-24-41-21-20-39-17-16-37-13-12-35-5/h26-28,32H,6-25H2,1-5H3,(H,31,33)/t28-/m0/s1. The van der Waals surface area contributed by atoms with Crippen LogP contribution in [0.1, 0.15) is 53.4 Å². The van der Waals surface area contributed by atoms with Gasteiger partial charge >= 0.3 is 0 Å². The van der Waals surface area contributed by atoms with Gasteiger partial charge in [-0.1, -0.05) is 27.7 Å². The van der Waals surface area contributed by atoms with Gasteiger partial charge in [0.15, 0.2) is 5.78 Å². The Labute approximate surface area is 254 Å². The van der Waals surface area contributed by atoms with Gasteiger partial charge in [0.2, 0.25) is 5.91 Å². The molecule has 0 aliphatic heterocycles. The minimum Gasteiger partial charge on any atom is -0.382 e. The second-order valence-corrected chi connectivity index (χ2v) is 10.3. The molecular weight excluding hydrogens is 548 g/mol. The van der Waals surface area contributed by atoms with Gasteiger partial charge < -0.3 is 48.5 Å². The summed E-state index contributed by atoms with van der Waals surface area (Å²) in [5, 5.41) is 6.27. The minimum absolute atomic E-state index is 0.0161. The van der Waals surface area contributed by atoms with Crippen molar-refractivity contribution in [3.63, 3.8) is 0 Å². The molecule has 0 spiro atoms. The first-order valence-electron chi connectivity index (χ1n) is 15.5. The number of rotatable bonds is 33. The summed E-state index contributed by atoms with van der Waals surface area (Å²) < 4.78 is 42.8. The van der Waals surface area contributed by atoms with Crippen molar-refractivity contribution in [2.75, 3.05) is 113 Å². The van der Waals surface area contributed by atoms with Crippen LogP contribution in [0, 0.1) is 5.92 Å². The van der Waals surface area contributed by atoms with Crippen LogP contribution in [0.25, 0.3) is 0 Å². The molecule has 2 N–H and O–H groups in total. The summed E-state index contributed by atoms with van der Waals surface area (Å²) in [5.41, 5.74) is 0. The second-order valence-electron chi connectivity index (χ2n) is 10.3. The van der Waals surface area contributed by atoms with Crippen LogP contribution in [0.15, 0.2) is 0 Å². The van der Waals surface area contributed by atoms with Gasteiger partial charge in [0.25, 0.3) is 0 Å². The lowest BCUT2D eigenvalue weighted by Crippen LogP contribution is -2.42. The third-order valence-electron chi connectivity index (χ3n) is 5.83. The lowest BCUT2D eigenvalue weighted by Gasteiger charge is -2.22. The first-order valence-corrected chi connectivity index (χ1v) is 15.5. The molecule has 0 radical (unpaired) electrons. The van der Waals surface area contributed by atoms with E-state index in [0.717, 1.165) is 19.3 Å². The molecule has 0 fully saturated rings. The molecule has 0 heterocycles. The van der Waals surface area contributed by atoms with Crippen LogP contribution in [0.3, 0.4) is 0 Å². The average molecular weight is 609 g/mol. The van der Waals surface area contributed by atoms with Gasteiger partial charge in [-0.25, -0.2) is 0 Å². The summed E-state index contributed by atoms with van der Waals surface area (Å²) in [6.45, 7) is 16.1. The molecule has 1 amide bonds. The van der Waals surface area contributed by atoms with Gasteiger partial charge in [0.1, 0.15) is 0 Å². The Balaban J connectivity index is 3.35. The van der Waals surface area contributed by atoms with Crippen molar-refractivity contribution in [3.8, 4) is 0 Å². The topological polar surface area (TPSA) is 132 Å². The summed E-state index contributed by atoms with van der Waals surface area (Å²) in [6, 6.07) is 0.145. The molecule has 0 saturated heterocycles. The molecule has 0 aliphatic rings. The number of hydrogen-bond donors (Lipinski definition) is 2. The van der Waals surface area contributed by atoms with E-state index in [-0.39, 0.29) is 29.7 Å². The monoisotopic (exact) mass is 608 g/mol. The molecular formula is C30H60N2O10. The maximum atomic E-state index is 12.3. The van der Waals surface area contributed by atoms with Crippen molar-refractivity contribution in [1.82, 2.24) is 10.6 Å². The number of ether oxygens (including phenoxy) is 8. The van der Waals surface area contributed by atoms with Crippen LogP contribution in [-0.2, 0) is 47.5 Å². The Morgan fingerprint density at radius 1 is 0.571 bits per heavy atom. The van der Waals surface area contributed by atoms with Gasteiger partial charge in [-0.2, -0.15) is 0 Å². The van der Waals surface area contributed by atoms with Crippen molar-refractivity contribution < 1.29 is 47.5 Å². The van der Waals surface area contributed by atoms with Crippen LogP contribution >= 0.6 is 0 Å². The molecule has 250 valence electrons. The first kappa shape index (κ1) is 40.8. The zero-order valence-corrected chi connectivity index (χ0v) is 27.0. The summed E-state index contributed by atoms with van der Waals surface area (Å²) >= 11 is 0. The molecule has 0 saturated carbocycles. The van der Waals surface area contributed by atoms with E-state index in [1.54, 1.807) is 7.11 Å². The van der Waals surface area contributed by atoms with Crippen molar-refractivity contribution in [2.45, 2.75) is 65.5 Å². The van der Waals surface area contributed by atoms with Crippen LogP contribution in [0.5, 0.6) is 0 Å². The van der Waals surface area contributed by atoms with E-state index >= 15 is 0 Å². The lowest BCUT2D eigenvalue weighted by atomic mass is 9.96. The van der Waals surface area contributed by atoms with Crippen molar-refractivity contribution in [3.05, 3.63) is 0 Å². The molecule has 0 aliphatic carbocycles. The molecule has 42 heavy (non-hydrogen) atoms. The number of carbonyl (C=O) groups excluding carboxylic acids is 2. The third kappa shape index (κ3) is 28.9. The number of Topliss-reactive ketones (excluding diaryl/α,β-unsaturated/α-hetero) is 1. The van der Waals surface area contributed by atoms with E-state index < -0.39 is 0 Å². The minimum atomic E-state index is -0.118. The fourth-order valence-electron chi connectivity index (χ4n) is 3.63. The molecule has 12 heteroatoms. The Kier molecular flexibility index (Phi) is 30.3. The highest BCUT2D eigenvalue weighted by Gasteiger charge is 2.21. The van der Waals surface area contributed by atoms with Crippen LogP contribution in [-0.4, -0.2) is 137 Å². The van der Waals surface area contributed by atoms with E-state index in [4.69, 9.17) is 37.9 Å². The second kappa shape index (κ2) is 31.2. The average Bonchev–Trinajstić information content (AvgIpc) is 2.96. The lowest BCUT2D eigenvalue weighted by molar-refractivity contribution is -0.124. The van der Waals surface area contributed by atoms with E-state index in [1.807, 2.05) is 27.7 Å². The van der Waals surface area contributed by atoms with E-state index in [9.17, 15) is 9.59 Å². The zero-order valence-electron chi connectivity index (χ0n) is 27.0. The van der Waals surface area contributed by atoms with Gasteiger partial charge in [-0.3, -0.25) is 9.59 Å². The summed E-state index contributed by atoms with van der Waals surface area (Å²) in [7, 11) is 1.64. The maximum absolute atomic E-state index is 12.3.